The average molecular weight is 455 g/mol. The van der Waals surface area contributed by atoms with Gasteiger partial charge in [-0.05, 0) is 38.1 Å². The van der Waals surface area contributed by atoms with Crippen molar-refractivity contribution < 1.29 is 14.0 Å². The van der Waals surface area contributed by atoms with Gasteiger partial charge in [0.25, 0.3) is 5.91 Å². The van der Waals surface area contributed by atoms with Gasteiger partial charge in [-0.25, -0.2) is 0 Å². The molecule has 1 fully saturated rings. The van der Waals surface area contributed by atoms with Crippen LogP contribution >= 0.6 is 27.5 Å². The molecule has 1 aliphatic heterocycles. The van der Waals surface area contributed by atoms with Crippen LogP contribution < -0.4 is 5.32 Å². The maximum Gasteiger partial charge on any atom is 0.257 e. The van der Waals surface area contributed by atoms with Crippen LogP contribution in [-0.4, -0.2) is 54.3 Å². The van der Waals surface area contributed by atoms with E-state index in [1.165, 1.54) is 0 Å². The Morgan fingerprint density at radius 2 is 1.89 bits per heavy atom. The molecule has 3 rings (SSSR count). The van der Waals surface area contributed by atoms with E-state index >= 15 is 0 Å². The van der Waals surface area contributed by atoms with Gasteiger partial charge in [0.1, 0.15) is 11.5 Å². The second kappa shape index (κ2) is 8.46. The average Bonchev–Trinajstić information content (AvgIpc) is 2.96. The van der Waals surface area contributed by atoms with Crippen LogP contribution in [0.3, 0.4) is 0 Å². The van der Waals surface area contributed by atoms with E-state index in [1.54, 1.807) is 30.0 Å². The largest absolute Gasteiger partial charge is 0.466 e. The molecule has 0 radical (unpaired) electrons. The summed E-state index contributed by atoms with van der Waals surface area (Å²) in [4.78, 5) is 28.7. The van der Waals surface area contributed by atoms with Crippen molar-refractivity contribution in [1.82, 2.24) is 9.80 Å². The van der Waals surface area contributed by atoms with E-state index < -0.39 is 0 Å². The van der Waals surface area contributed by atoms with Crippen LogP contribution in [0.5, 0.6) is 0 Å². The number of hydrogen-bond donors (Lipinski definition) is 1. The smallest absolute Gasteiger partial charge is 0.257 e. The van der Waals surface area contributed by atoms with Crippen molar-refractivity contribution in [2.75, 3.05) is 38.0 Å². The molecule has 0 saturated carbocycles. The summed E-state index contributed by atoms with van der Waals surface area (Å²) in [6.07, 6.45) is 0. The molecule has 0 spiro atoms. The van der Waals surface area contributed by atoms with Gasteiger partial charge < -0.3 is 14.6 Å². The summed E-state index contributed by atoms with van der Waals surface area (Å²) in [5.74, 6) is 1.24. The van der Waals surface area contributed by atoms with Gasteiger partial charge >= 0.3 is 0 Å². The summed E-state index contributed by atoms with van der Waals surface area (Å²) in [5, 5.41) is 3.31. The van der Waals surface area contributed by atoms with Gasteiger partial charge in [0, 0.05) is 30.7 Å². The lowest BCUT2D eigenvalue weighted by atomic mass is 10.2. The van der Waals surface area contributed by atoms with Crippen molar-refractivity contribution in [1.29, 1.82) is 0 Å². The molecule has 2 heterocycles. The zero-order valence-electron chi connectivity index (χ0n) is 15.2. The second-order valence-electron chi connectivity index (χ2n) is 6.57. The predicted octanol–water partition coefficient (Wildman–Crippen LogP) is 3.71. The third kappa shape index (κ3) is 4.91. The van der Waals surface area contributed by atoms with Gasteiger partial charge in [-0.15, -0.1) is 0 Å². The lowest BCUT2D eigenvalue weighted by Crippen LogP contribution is -2.50. The highest BCUT2D eigenvalue weighted by Gasteiger charge is 2.25. The Morgan fingerprint density at radius 1 is 1.19 bits per heavy atom. The van der Waals surface area contributed by atoms with Crippen LogP contribution in [0.1, 0.15) is 21.9 Å². The standard InChI is InChI=1S/C19H21BrClN3O3/c1-12-9-15(13(2)27-12)19(26)24-7-5-23(6-8-24)11-18(25)22-17-4-3-14(20)10-16(17)21/h3-4,9-10H,5-8,11H2,1-2H3,(H,22,25). The van der Waals surface area contributed by atoms with Crippen molar-refractivity contribution >= 4 is 45.0 Å². The molecular weight excluding hydrogens is 434 g/mol. The summed E-state index contributed by atoms with van der Waals surface area (Å²) >= 11 is 9.47. The van der Waals surface area contributed by atoms with Crippen LogP contribution in [0.15, 0.2) is 33.2 Å². The number of halogens is 2. The van der Waals surface area contributed by atoms with E-state index in [9.17, 15) is 9.59 Å². The first-order valence-corrected chi connectivity index (χ1v) is 9.84. The maximum absolute atomic E-state index is 12.6. The minimum absolute atomic E-state index is 0.0184. The van der Waals surface area contributed by atoms with Crippen molar-refractivity contribution in [2.24, 2.45) is 0 Å². The van der Waals surface area contributed by atoms with E-state index in [0.29, 0.717) is 48.2 Å². The first kappa shape index (κ1) is 19.9. The number of nitrogens with one attached hydrogen (secondary N) is 1. The molecule has 1 aromatic carbocycles. The van der Waals surface area contributed by atoms with Gasteiger partial charge in [-0.3, -0.25) is 14.5 Å². The molecule has 0 aliphatic carbocycles. The molecular formula is C19H21BrClN3O3. The molecule has 1 aliphatic rings. The van der Waals surface area contributed by atoms with Gasteiger partial charge in [0.15, 0.2) is 0 Å². The number of nitrogens with zero attached hydrogens (tertiary/aromatic N) is 2. The number of benzene rings is 1. The lowest BCUT2D eigenvalue weighted by Gasteiger charge is -2.34. The molecule has 27 heavy (non-hydrogen) atoms. The SMILES string of the molecule is Cc1cc(C(=O)N2CCN(CC(=O)Nc3ccc(Br)cc3Cl)CC2)c(C)o1. The van der Waals surface area contributed by atoms with E-state index in [2.05, 4.69) is 21.2 Å². The summed E-state index contributed by atoms with van der Waals surface area (Å²) in [6.45, 7) is 6.33. The Balaban J connectivity index is 1.51. The molecule has 144 valence electrons. The molecule has 0 unspecified atom stereocenters. The Labute approximate surface area is 171 Å². The van der Waals surface area contributed by atoms with Gasteiger partial charge in [0.2, 0.25) is 5.91 Å². The zero-order chi connectivity index (χ0) is 19.6. The fourth-order valence-electron chi connectivity index (χ4n) is 3.11. The normalized spacial score (nSPS) is 15.0. The number of hydrogen-bond acceptors (Lipinski definition) is 4. The van der Waals surface area contributed by atoms with Gasteiger partial charge in [-0.1, -0.05) is 27.5 Å². The topological polar surface area (TPSA) is 65.8 Å². The van der Waals surface area contributed by atoms with Crippen LogP contribution in [0.25, 0.3) is 0 Å². The van der Waals surface area contributed by atoms with E-state index in [-0.39, 0.29) is 18.4 Å². The highest BCUT2D eigenvalue weighted by Crippen LogP contribution is 2.25. The molecule has 1 saturated heterocycles. The minimum Gasteiger partial charge on any atom is -0.466 e. The quantitative estimate of drug-likeness (QED) is 0.765. The Bertz CT molecular complexity index is 860. The summed E-state index contributed by atoms with van der Waals surface area (Å²) in [7, 11) is 0. The minimum atomic E-state index is -0.125. The molecule has 2 aromatic rings. The number of carbonyl (C=O) groups excluding carboxylic acids is 2. The molecule has 0 atom stereocenters. The number of aryl methyl sites for hydroxylation is 2. The molecule has 1 aromatic heterocycles. The van der Waals surface area contributed by atoms with Crippen LogP contribution in [0, 0.1) is 13.8 Å². The maximum atomic E-state index is 12.6. The molecule has 1 N–H and O–H groups in total. The third-order valence-corrected chi connectivity index (χ3v) is 5.31. The Hall–Kier alpha value is -1.83. The first-order chi connectivity index (χ1) is 12.8. The number of amides is 2. The molecule has 2 amide bonds. The monoisotopic (exact) mass is 453 g/mol. The number of furan rings is 1. The van der Waals surface area contributed by atoms with Crippen molar-refractivity contribution in [3.63, 3.8) is 0 Å². The van der Waals surface area contributed by atoms with Crippen LogP contribution in [0.2, 0.25) is 5.02 Å². The van der Waals surface area contributed by atoms with E-state index in [0.717, 1.165) is 10.2 Å². The fourth-order valence-corrected chi connectivity index (χ4v) is 3.83. The number of piperazine rings is 1. The molecule has 0 bridgehead atoms. The lowest BCUT2D eigenvalue weighted by molar-refractivity contribution is -0.117. The second-order valence-corrected chi connectivity index (χ2v) is 7.89. The van der Waals surface area contributed by atoms with Crippen molar-refractivity contribution in [2.45, 2.75) is 13.8 Å². The third-order valence-electron chi connectivity index (χ3n) is 4.50. The van der Waals surface area contributed by atoms with Crippen molar-refractivity contribution in [3.05, 3.63) is 50.8 Å². The van der Waals surface area contributed by atoms with Crippen LogP contribution in [-0.2, 0) is 4.79 Å². The number of anilines is 1. The summed E-state index contributed by atoms with van der Waals surface area (Å²) in [6, 6.07) is 7.10. The Morgan fingerprint density at radius 3 is 2.48 bits per heavy atom. The highest BCUT2D eigenvalue weighted by atomic mass is 79.9. The van der Waals surface area contributed by atoms with Crippen LogP contribution in [0.4, 0.5) is 5.69 Å². The van der Waals surface area contributed by atoms with Gasteiger partial charge in [0.05, 0.1) is 22.8 Å². The molecule has 6 nitrogen and oxygen atoms in total. The predicted molar refractivity (Wildman–Crippen MR) is 108 cm³/mol. The summed E-state index contributed by atoms with van der Waals surface area (Å²) in [5.41, 5.74) is 1.20. The highest BCUT2D eigenvalue weighted by molar-refractivity contribution is 9.10. The summed E-state index contributed by atoms with van der Waals surface area (Å²) < 4.78 is 6.31. The Kier molecular flexibility index (Phi) is 6.24. The number of carbonyl (C=O) groups is 2. The first-order valence-electron chi connectivity index (χ1n) is 8.67. The van der Waals surface area contributed by atoms with E-state index in [1.807, 2.05) is 17.9 Å². The van der Waals surface area contributed by atoms with Crippen molar-refractivity contribution in [3.8, 4) is 0 Å². The molecule has 8 heteroatoms. The fraction of sp³-hybridized carbons (Fsp3) is 0.368. The van der Waals surface area contributed by atoms with E-state index in [4.69, 9.17) is 16.0 Å². The van der Waals surface area contributed by atoms with Gasteiger partial charge in [-0.2, -0.15) is 0 Å². The zero-order valence-corrected chi connectivity index (χ0v) is 17.6. The number of rotatable bonds is 4.